The fourth-order valence-electron chi connectivity index (χ4n) is 2.16. The summed E-state index contributed by atoms with van der Waals surface area (Å²) in [6.07, 6.45) is 1.88. The first kappa shape index (κ1) is 15.2. The van der Waals surface area contributed by atoms with Crippen LogP contribution in [0.25, 0.3) is 0 Å². The van der Waals surface area contributed by atoms with Crippen molar-refractivity contribution in [2.75, 3.05) is 6.61 Å². The largest absolute Gasteiger partial charge is 0.415 e. The molecule has 2 aliphatic rings. The van der Waals surface area contributed by atoms with Gasteiger partial charge in [0, 0.05) is 6.21 Å². The van der Waals surface area contributed by atoms with Gasteiger partial charge in [-0.2, -0.15) is 0 Å². The third-order valence-corrected chi connectivity index (χ3v) is 8.89. The van der Waals surface area contributed by atoms with E-state index >= 15 is 0 Å². The summed E-state index contributed by atoms with van der Waals surface area (Å²) in [6, 6.07) is 0.0703. The fourth-order valence-corrected chi connectivity index (χ4v) is 3.18. The topological polar surface area (TPSA) is 40.0 Å². The first-order valence-corrected chi connectivity index (χ1v) is 9.96. The van der Waals surface area contributed by atoms with Crippen LogP contribution in [0.3, 0.4) is 0 Å². The van der Waals surface area contributed by atoms with E-state index in [1.165, 1.54) is 0 Å². The predicted molar refractivity (Wildman–Crippen MR) is 79.3 cm³/mol. The maximum absolute atomic E-state index is 6.24. The van der Waals surface area contributed by atoms with E-state index in [1.807, 2.05) is 20.1 Å². The minimum Gasteiger partial charge on any atom is -0.415 e. The van der Waals surface area contributed by atoms with Gasteiger partial charge >= 0.3 is 0 Å². The quantitative estimate of drug-likeness (QED) is 0.748. The van der Waals surface area contributed by atoms with Gasteiger partial charge in [0.2, 0.25) is 0 Å². The first-order chi connectivity index (χ1) is 8.52. The van der Waals surface area contributed by atoms with Crippen LogP contribution >= 0.6 is 0 Å². The van der Waals surface area contributed by atoms with Crippen LogP contribution in [-0.4, -0.2) is 45.2 Å². The number of fused-ring (bicyclic) bond motifs is 1. The lowest BCUT2D eigenvalue weighted by Gasteiger charge is -2.37. The number of hydrogen-bond acceptors (Lipinski definition) is 4. The zero-order valence-electron chi connectivity index (χ0n) is 13.2. The number of aliphatic imine (C=N–C) groups is 1. The van der Waals surface area contributed by atoms with Crippen molar-refractivity contribution in [1.29, 1.82) is 0 Å². The second-order valence-corrected chi connectivity index (χ2v) is 12.3. The lowest BCUT2D eigenvalue weighted by atomic mass is 10.1. The maximum atomic E-state index is 6.24. The van der Waals surface area contributed by atoms with E-state index < -0.39 is 14.1 Å². The highest BCUT2D eigenvalue weighted by Gasteiger charge is 2.48. The smallest absolute Gasteiger partial charge is 0.192 e. The summed E-state index contributed by atoms with van der Waals surface area (Å²) >= 11 is 0. The lowest BCUT2D eigenvalue weighted by Crippen LogP contribution is -2.44. The van der Waals surface area contributed by atoms with E-state index in [-0.39, 0.29) is 23.3 Å². The molecule has 110 valence electrons. The molecule has 5 heteroatoms. The molecule has 0 aromatic rings. The highest BCUT2D eigenvalue weighted by Crippen LogP contribution is 2.38. The molecular weight excluding hydrogens is 258 g/mol. The molecule has 0 amide bonds. The summed E-state index contributed by atoms with van der Waals surface area (Å²) in [5.41, 5.74) is 0. The Morgan fingerprint density at radius 2 is 1.89 bits per heavy atom. The van der Waals surface area contributed by atoms with Crippen molar-refractivity contribution in [3.05, 3.63) is 0 Å². The predicted octanol–water partition coefficient (Wildman–Crippen LogP) is 2.98. The van der Waals surface area contributed by atoms with Crippen molar-refractivity contribution in [1.82, 2.24) is 0 Å². The third kappa shape index (κ3) is 3.10. The van der Waals surface area contributed by atoms with Crippen LogP contribution in [-0.2, 0) is 13.9 Å². The van der Waals surface area contributed by atoms with Gasteiger partial charge in [-0.3, -0.25) is 4.99 Å². The van der Waals surface area contributed by atoms with Crippen LogP contribution in [0.15, 0.2) is 4.99 Å². The van der Waals surface area contributed by atoms with E-state index in [9.17, 15) is 0 Å². The van der Waals surface area contributed by atoms with Crippen LogP contribution in [0.4, 0.5) is 0 Å². The zero-order valence-corrected chi connectivity index (χ0v) is 14.2. The average molecular weight is 285 g/mol. The maximum Gasteiger partial charge on any atom is 0.192 e. The van der Waals surface area contributed by atoms with Gasteiger partial charge in [0.15, 0.2) is 14.1 Å². The number of rotatable bonds is 3. The van der Waals surface area contributed by atoms with Crippen molar-refractivity contribution >= 4 is 14.5 Å². The van der Waals surface area contributed by atoms with Crippen LogP contribution < -0.4 is 0 Å². The Balaban J connectivity index is 1.94. The Hall–Kier alpha value is -0.233. The Bertz CT molecular complexity index is 373. The number of hydrogen-bond donors (Lipinski definition) is 0. The number of nitrogens with zero attached hydrogens (tertiary/aromatic N) is 1. The Kier molecular flexibility index (Phi) is 3.71. The summed E-state index contributed by atoms with van der Waals surface area (Å²) < 4.78 is 18.0. The van der Waals surface area contributed by atoms with Gasteiger partial charge in [0.1, 0.15) is 18.2 Å². The summed E-state index contributed by atoms with van der Waals surface area (Å²) in [4.78, 5) is 4.49. The van der Waals surface area contributed by atoms with Gasteiger partial charge < -0.3 is 13.9 Å². The summed E-state index contributed by atoms with van der Waals surface area (Å²) in [6.45, 7) is 15.8. The minimum atomic E-state index is -1.72. The molecule has 2 rings (SSSR count). The SMILES string of the molecule is CC1(C)O[C@H]2[C@H](C=N[C@@H]2CO[Si](C)(C)C(C)(C)C)O1. The molecule has 0 radical (unpaired) electrons. The molecule has 0 aliphatic carbocycles. The average Bonchev–Trinajstić information content (AvgIpc) is 2.68. The van der Waals surface area contributed by atoms with E-state index in [4.69, 9.17) is 13.9 Å². The molecule has 2 aliphatic heterocycles. The molecule has 19 heavy (non-hydrogen) atoms. The second-order valence-electron chi connectivity index (χ2n) is 7.50. The standard InChI is InChI=1S/C14H27NO3Si/c1-13(2,3)19(6,7)16-9-10-12-11(8-15-10)17-14(4,5)18-12/h8,10-12H,9H2,1-7H3/t10-,11+,12-/m1/s1. The molecule has 1 saturated heterocycles. The molecule has 4 nitrogen and oxygen atoms in total. The Morgan fingerprint density at radius 1 is 1.26 bits per heavy atom. The number of ether oxygens (including phenoxy) is 2. The molecule has 0 N–H and O–H groups in total. The van der Waals surface area contributed by atoms with Crippen LogP contribution in [0.2, 0.25) is 18.1 Å². The van der Waals surface area contributed by atoms with Crippen molar-refractivity contribution in [3.8, 4) is 0 Å². The summed E-state index contributed by atoms with van der Waals surface area (Å²) in [5.74, 6) is -0.503. The van der Waals surface area contributed by atoms with Gasteiger partial charge in [-0.15, -0.1) is 0 Å². The zero-order chi connectivity index (χ0) is 14.5. The van der Waals surface area contributed by atoms with E-state index in [0.717, 1.165) is 0 Å². The van der Waals surface area contributed by atoms with Gasteiger partial charge in [-0.25, -0.2) is 0 Å². The molecule has 0 bridgehead atoms. The molecule has 0 spiro atoms. The third-order valence-electron chi connectivity index (χ3n) is 4.39. The van der Waals surface area contributed by atoms with E-state index in [1.54, 1.807) is 0 Å². The molecule has 2 heterocycles. The fraction of sp³-hybridized carbons (Fsp3) is 0.929. The molecular formula is C14H27NO3Si. The monoisotopic (exact) mass is 285 g/mol. The molecule has 3 atom stereocenters. The summed E-state index contributed by atoms with van der Waals surface area (Å²) in [7, 11) is -1.72. The molecule has 0 aromatic heterocycles. The normalized spacial score (nSPS) is 33.7. The van der Waals surface area contributed by atoms with Crippen LogP contribution in [0.1, 0.15) is 34.6 Å². The molecule has 0 aromatic carbocycles. The Morgan fingerprint density at radius 3 is 2.47 bits per heavy atom. The minimum absolute atomic E-state index is 0.0111. The van der Waals surface area contributed by atoms with Crippen molar-refractivity contribution in [2.24, 2.45) is 4.99 Å². The highest BCUT2D eigenvalue weighted by molar-refractivity contribution is 6.74. The van der Waals surface area contributed by atoms with E-state index in [2.05, 4.69) is 38.9 Å². The molecule has 0 saturated carbocycles. The highest BCUT2D eigenvalue weighted by atomic mass is 28.4. The molecule has 1 fully saturated rings. The van der Waals surface area contributed by atoms with Gasteiger partial charge in [-0.05, 0) is 32.0 Å². The van der Waals surface area contributed by atoms with Crippen molar-refractivity contribution in [2.45, 2.75) is 76.8 Å². The van der Waals surface area contributed by atoms with Crippen LogP contribution in [0.5, 0.6) is 0 Å². The Labute approximate surface area is 117 Å². The second kappa shape index (κ2) is 4.65. The lowest BCUT2D eigenvalue weighted by molar-refractivity contribution is -0.145. The van der Waals surface area contributed by atoms with Gasteiger partial charge in [0.25, 0.3) is 0 Å². The first-order valence-electron chi connectivity index (χ1n) is 7.05. The summed E-state index contributed by atoms with van der Waals surface area (Å²) in [5, 5.41) is 0.223. The van der Waals surface area contributed by atoms with Crippen LogP contribution in [0, 0.1) is 0 Å². The molecule has 0 unspecified atom stereocenters. The van der Waals surface area contributed by atoms with Crippen molar-refractivity contribution in [3.63, 3.8) is 0 Å². The van der Waals surface area contributed by atoms with E-state index in [0.29, 0.717) is 6.61 Å². The van der Waals surface area contributed by atoms with Gasteiger partial charge in [0.05, 0.1) is 6.61 Å². The van der Waals surface area contributed by atoms with Gasteiger partial charge in [-0.1, -0.05) is 20.8 Å². The van der Waals surface area contributed by atoms with Crippen molar-refractivity contribution < 1.29 is 13.9 Å².